The predicted molar refractivity (Wildman–Crippen MR) is 128 cm³/mol. The summed E-state index contributed by atoms with van der Waals surface area (Å²) in [5.74, 6) is -0.0305. The lowest BCUT2D eigenvalue weighted by molar-refractivity contribution is -0.120. The number of likely N-dealkylation sites (tertiary alicyclic amines) is 2. The van der Waals surface area contributed by atoms with E-state index in [1.165, 1.54) is 5.56 Å². The fourth-order valence-electron chi connectivity index (χ4n) is 5.55. The third kappa shape index (κ3) is 4.16. The molecule has 0 radical (unpaired) electrons. The fraction of sp³-hybridized carbons (Fsp3) is 0.370. The van der Waals surface area contributed by atoms with Crippen molar-refractivity contribution in [2.24, 2.45) is 0 Å². The Bertz CT molecular complexity index is 1080. The quantitative estimate of drug-likeness (QED) is 0.646. The molecule has 5 heteroatoms. The molecule has 1 amide bonds. The molecule has 2 aliphatic heterocycles. The van der Waals surface area contributed by atoms with Gasteiger partial charge in [-0.2, -0.15) is 0 Å². The van der Waals surface area contributed by atoms with E-state index in [0.717, 1.165) is 55.4 Å². The smallest absolute Gasteiger partial charge is 0.238 e. The minimum Gasteiger partial charge on any atom is -0.390 e. The van der Waals surface area contributed by atoms with Gasteiger partial charge in [-0.25, -0.2) is 0 Å². The number of hydrogen-bond acceptors (Lipinski definition) is 4. The van der Waals surface area contributed by atoms with E-state index in [-0.39, 0.29) is 11.4 Å². The normalized spacial score (nSPS) is 24.2. The molecule has 1 spiro atoms. The van der Waals surface area contributed by atoms with Crippen molar-refractivity contribution < 1.29 is 9.90 Å². The molecule has 2 heterocycles. The number of aliphatic hydroxyl groups is 1. The molecular formula is C27H31N3O2. The Labute approximate surface area is 189 Å². The number of benzene rings is 3. The highest BCUT2D eigenvalue weighted by Crippen LogP contribution is 2.39. The first-order valence-electron chi connectivity index (χ1n) is 11.6. The van der Waals surface area contributed by atoms with Crippen molar-refractivity contribution in [1.82, 2.24) is 9.80 Å². The summed E-state index contributed by atoms with van der Waals surface area (Å²) in [7, 11) is 0. The molecule has 0 bridgehead atoms. The molecular weight excluding hydrogens is 398 g/mol. The molecule has 3 aromatic carbocycles. The largest absolute Gasteiger partial charge is 0.390 e. The number of nitrogens with one attached hydrogen (secondary N) is 1. The summed E-state index contributed by atoms with van der Waals surface area (Å²) in [6, 6.07) is 24.5. The second kappa shape index (κ2) is 9.02. The molecule has 2 aliphatic rings. The first kappa shape index (κ1) is 21.1. The van der Waals surface area contributed by atoms with Crippen LogP contribution in [-0.4, -0.2) is 58.6 Å². The van der Waals surface area contributed by atoms with Gasteiger partial charge >= 0.3 is 0 Å². The van der Waals surface area contributed by atoms with Crippen molar-refractivity contribution in [3.05, 3.63) is 78.4 Å². The lowest BCUT2D eigenvalue weighted by Crippen LogP contribution is -2.61. The number of anilines is 1. The van der Waals surface area contributed by atoms with E-state index in [9.17, 15) is 9.90 Å². The number of carbonyl (C=O) groups is 1. The van der Waals surface area contributed by atoms with Gasteiger partial charge in [-0.15, -0.1) is 0 Å². The number of fused-ring (bicyclic) bond motifs is 1. The maximum absolute atomic E-state index is 12.8. The minimum absolute atomic E-state index is 0.0305. The van der Waals surface area contributed by atoms with Crippen molar-refractivity contribution in [2.45, 2.75) is 37.5 Å². The van der Waals surface area contributed by atoms with Crippen molar-refractivity contribution in [1.29, 1.82) is 0 Å². The van der Waals surface area contributed by atoms with Crippen LogP contribution in [0.2, 0.25) is 0 Å². The van der Waals surface area contributed by atoms with Gasteiger partial charge in [-0.1, -0.05) is 66.7 Å². The summed E-state index contributed by atoms with van der Waals surface area (Å²) in [6.07, 6.45) is 2.58. The molecule has 5 nitrogen and oxygen atoms in total. The van der Waals surface area contributed by atoms with E-state index >= 15 is 0 Å². The summed E-state index contributed by atoms with van der Waals surface area (Å²) < 4.78 is 0. The van der Waals surface area contributed by atoms with Gasteiger partial charge in [0, 0.05) is 36.2 Å². The van der Waals surface area contributed by atoms with E-state index in [1.807, 2.05) is 48.5 Å². The van der Waals surface area contributed by atoms with Crippen molar-refractivity contribution in [3.63, 3.8) is 0 Å². The number of piperidine rings is 1. The third-order valence-electron chi connectivity index (χ3n) is 7.23. The van der Waals surface area contributed by atoms with E-state index in [0.29, 0.717) is 13.1 Å². The van der Waals surface area contributed by atoms with Crippen LogP contribution in [0, 0.1) is 0 Å². The summed E-state index contributed by atoms with van der Waals surface area (Å²) in [5.41, 5.74) is 1.96. The molecule has 3 aromatic rings. The van der Waals surface area contributed by atoms with Crippen LogP contribution in [0.25, 0.3) is 10.8 Å². The first-order valence-corrected chi connectivity index (χ1v) is 11.6. The Hall–Kier alpha value is -2.73. The molecule has 2 saturated heterocycles. The molecule has 0 saturated carbocycles. The average molecular weight is 430 g/mol. The number of rotatable bonds is 5. The number of carbonyl (C=O) groups excluding carboxylic acids is 1. The molecule has 0 unspecified atom stereocenters. The highest BCUT2D eigenvalue weighted by atomic mass is 16.3. The fourth-order valence-corrected chi connectivity index (χ4v) is 5.55. The number of aliphatic hydroxyl groups excluding tert-OH is 1. The lowest BCUT2D eigenvalue weighted by Gasteiger charge is -2.48. The van der Waals surface area contributed by atoms with Crippen LogP contribution >= 0.6 is 0 Å². The zero-order chi connectivity index (χ0) is 22.0. The average Bonchev–Trinajstić information content (AvgIpc) is 3.20. The van der Waals surface area contributed by atoms with Crippen LogP contribution in [-0.2, 0) is 11.3 Å². The van der Waals surface area contributed by atoms with Crippen molar-refractivity contribution >= 4 is 22.4 Å². The molecule has 0 aromatic heterocycles. The zero-order valence-corrected chi connectivity index (χ0v) is 18.4. The maximum Gasteiger partial charge on any atom is 0.238 e. The van der Waals surface area contributed by atoms with Crippen LogP contribution in [0.4, 0.5) is 5.69 Å². The molecule has 32 heavy (non-hydrogen) atoms. The molecule has 0 aliphatic carbocycles. The standard InChI is InChI=1S/C27H31N3O2/c31-25-19-29(20-26(32)28-24-13-6-11-22-10-4-5-12-23(22)24)17-15-27(25)14-7-16-30(27)18-21-8-2-1-3-9-21/h1-6,8-13,25,31H,7,14-20H2,(H,28,32)/t25-,27-/m0/s1. The molecule has 166 valence electrons. The van der Waals surface area contributed by atoms with E-state index < -0.39 is 6.10 Å². The van der Waals surface area contributed by atoms with Gasteiger partial charge in [-0.05, 0) is 42.8 Å². The number of nitrogens with zero attached hydrogens (tertiary/aromatic N) is 2. The van der Waals surface area contributed by atoms with E-state index in [2.05, 4.69) is 39.4 Å². The summed E-state index contributed by atoms with van der Waals surface area (Å²) in [6.45, 7) is 3.56. The van der Waals surface area contributed by atoms with Gasteiger partial charge in [0.05, 0.1) is 12.6 Å². The Morgan fingerprint density at radius 2 is 1.75 bits per heavy atom. The number of amides is 1. The van der Waals surface area contributed by atoms with Crippen LogP contribution in [0.1, 0.15) is 24.8 Å². The highest BCUT2D eigenvalue weighted by molar-refractivity contribution is 6.02. The summed E-state index contributed by atoms with van der Waals surface area (Å²) in [4.78, 5) is 17.4. The summed E-state index contributed by atoms with van der Waals surface area (Å²) >= 11 is 0. The molecule has 2 N–H and O–H groups in total. The molecule has 2 fully saturated rings. The van der Waals surface area contributed by atoms with E-state index in [1.54, 1.807) is 0 Å². The third-order valence-corrected chi connectivity index (χ3v) is 7.23. The molecule has 5 rings (SSSR count). The lowest BCUT2D eigenvalue weighted by atomic mass is 9.82. The van der Waals surface area contributed by atoms with Gasteiger partial charge in [0.15, 0.2) is 0 Å². The Balaban J connectivity index is 1.22. The second-order valence-electron chi connectivity index (χ2n) is 9.19. The van der Waals surface area contributed by atoms with Gasteiger partial charge in [-0.3, -0.25) is 14.6 Å². The maximum atomic E-state index is 12.8. The Kier molecular flexibility index (Phi) is 5.96. The topological polar surface area (TPSA) is 55.8 Å². The predicted octanol–water partition coefficient (Wildman–Crippen LogP) is 3.88. The van der Waals surface area contributed by atoms with Crippen LogP contribution < -0.4 is 5.32 Å². The van der Waals surface area contributed by atoms with Gasteiger partial charge in [0.2, 0.25) is 5.91 Å². The van der Waals surface area contributed by atoms with Gasteiger partial charge in [0.25, 0.3) is 0 Å². The van der Waals surface area contributed by atoms with Crippen LogP contribution in [0.5, 0.6) is 0 Å². The van der Waals surface area contributed by atoms with E-state index in [4.69, 9.17) is 0 Å². The van der Waals surface area contributed by atoms with Crippen molar-refractivity contribution in [3.8, 4) is 0 Å². The highest BCUT2D eigenvalue weighted by Gasteiger charge is 2.49. The van der Waals surface area contributed by atoms with Gasteiger partial charge < -0.3 is 10.4 Å². The SMILES string of the molecule is O=C(CN1CC[C@@]2(CCCN2Cc2ccccc2)[C@@H](O)C1)Nc1cccc2ccccc12. The Morgan fingerprint density at radius 3 is 2.59 bits per heavy atom. The second-order valence-corrected chi connectivity index (χ2v) is 9.19. The first-order chi connectivity index (χ1) is 15.6. The molecule has 2 atom stereocenters. The number of hydrogen-bond donors (Lipinski definition) is 2. The zero-order valence-electron chi connectivity index (χ0n) is 18.4. The van der Waals surface area contributed by atoms with Crippen molar-refractivity contribution in [2.75, 3.05) is 31.5 Å². The number of β-amino-alcohol motifs (C(OH)–C–C–N with tert-alkyl or cyclic N) is 1. The van der Waals surface area contributed by atoms with Crippen LogP contribution in [0.3, 0.4) is 0 Å². The monoisotopic (exact) mass is 429 g/mol. The van der Waals surface area contributed by atoms with Crippen LogP contribution in [0.15, 0.2) is 72.8 Å². The van der Waals surface area contributed by atoms with Gasteiger partial charge in [0.1, 0.15) is 0 Å². The Morgan fingerprint density at radius 1 is 0.969 bits per heavy atom. The minimum atomic E-state index is -0.451. The summed E-state index contributed by atoms with van der Waals surface area (Å²) in [5, 5.41) is 16.4.